The first-order chi connectivity index (χ1) is 6.59. The van der Waals surface area contributed by atoms with Crippen molar-refractivity contribution in [1.82, 2.24) is 0 Å². The Morgan fingerprint density at radius 3 is 2.29 bits per heavy atom. The second-order valence-electron chi connectivity index (χ2n) is 2.90. The van der Waals surface area contributed by atoms with Gasteiger partial charge in [-0.3, -0.25) is 4.57 Å². The predicted molar refractivity (Wildman–Crippen MR) is 53.2 cm³/mol. The third-order valence-corrected chi connectivity index (χ3v) is 2.51. The maximum Gasteiger partial charge on any atom is 0.335 e. The molecule has 1 aromatic rings. The molecule has 1 rings (SSSR count). The van der Waals surface area contributed by atoms with Gasteiger partial charge < -0.3 is 10.00 Å². The molecule has 0 heterocycles. The highest BCUT2D eigenvalue weighted by molar-refractivity contribution is 7.37. The average Bonchev–Trinajstić information content (AvgIpc) is 2.15. The summed E-state index contributed by atoms with van der Waals surface area (Å²) in [4.78, 5) is 19.1. The van der Waals surface area contributed by atoms with Crippen molar-refractivity contribution in [2.75, 3.05) is 6.16 Å². The topological polar surface area (TPSA) is 74.6 Å². The Hall–Kier alpha value is -1.12. The molecule has 0 saturated carbocycles. The lowest BCUT2D eigenvalue weighted by Crippen LogP contribution is -1.96. The van der Waals surface area contributed by atoms with E-state index in [1.807, 2.05) is 0 Å². The fourth-order valence-corrected chi connectivity index (χ4v) is 1.57. The molecule has 0 radical (unpaired) electrons. The third-order valence-electron chi connectivity index (χ3n) is 1.83. The van der Waals surface area contributed by atoms with Crippen LogP contribution >= 0.6 is 8.03 Å². The summed E-state index contributed by atoms with van der Waals surface area (Å²) in [5.41, 5.74) is 1.10. The lowest BCUT2D eigenvalue weighted by atomic mass is 10.1. The first-order valence-electron chi connectivity index (χ1n) is 4.13. The van der Waals surface area contributed by atoms with Crippen LogP contribution in [0.15, 0.2) is 24.3 Å². The molecule has 0 amide bonds. The summed E-state index contributed by atoms with van der Waals surface area (Å²) in [5.74, 6) is -0.965. The summed E-state index contributed by atoms with van der Waals surface area (Å²) < 4.78 is 10.4. The van der Waals surface area contributed by atoms with Gasteiger partial charge in [0.2, 0.25) is 0 Å². The first-order valence-corrected chi connectivity index (χ1v) is 5.70. The molecule has 1 aromatic carbocycles. The van der Waals surface area contributed by atoms with Gasteiger partial charge in [-0.25, -0.2) is 4.79 Å². The highest BCUT2D eigenvalue weighted by Crippen LogP contribution is 2.15. The second kappa shape index (κ2) is 4.94. The van der Waals surface area contributed by atoms with Gasteiger partial charge in [-0.15, -0.1) is 0 Å². The summed E-state index contributed by atoms with van der Waals surface area (Å²) >= 11 is 0. The smallest absolute Gasteiger partial charge is 0.335 e. The molecule has 5 heteroatoms. The molecule has 0 bridgehead atoms. The molecular formula is C9H11O4P. The molecule has 1 unspecified atom stereocenters. The molecule has 0 aromatic heterocycles. The van der Waals surface area contributed by atoms with Crippen LogP contribution in [0.25, 0.3) is 0 Å². The van der Waals surface area contributed by atoms with Crippen LogP contribution in [0.2, 0.25) is 0 Å². The molecule has 0 aliphatic rings. The summed E-state index contributed by atoms with van der Waals surface area (Å²) in [6.07, 6.45) is 0.755. The zero-order valence-electron chi connectivity index (χ0n) is 7.43. The van der Waals surface area contributed by atoms with Crippen LogP contribution in [-0.2, 0) is 11.0 Å². The van der Waals surface area contributed by atoms with E-state index in [1.54, 1.807) is 12.1 Å². The van der Waals surface area contributed by atoms with E-state index in [0.29, 0.717) is 6.42 Å². The Morgan fingerprint density at radius 1 is 1.29 bits per heavy atom. The van der Waals surface area contributed by atoms with E-state index in [-0.39, 0.29) is 11.7 Å². The number of hydrogen-bond acceptors (Lipinski definition) is 2. The van der Waals surface area contributed by atoms with Crippen molar-refractivity contribution in [3.63, 3.8) is 0 Å². The number of aryl methyl sites for hydroxylation is 1. The number of carbonyl (C=O) groups is 1. The van der Waals surface area contributed by atoms with E-state index in [1.165, 1.54) is 12.1 Å². The van der Waals surface area contributed by atoms with E-state index >= 15 is 0 Å². The first kappa shape index (κ1) is 11.0. The SMILES string of the molecule is O=C(O)c1ccc(CC[PH](=O)O)cc1. The maximum absolute atomic E-state index is 10.5. The van der Waals surface area contributed by atoms with Crippen LogP contribution in [0.3, 0.4) is 0 Å². The van der Waals surface area contributed by atoms with Crippen LogP contribution in [0.5, 0.6) is 0 Å². The van der Waals surface area contributed by atoms with Crippen molar-refractivity contribution >= 4 is 14.0 Å². The van der Waals surface area contributed by atoms with E-state index in [4.69, 9.17) is 10.00 Å². The van der Waals surface area contributed by atoms with Gasteiger partial charge in [0.25, 0.3) is 0 Å². The number of aromatic carboxylic acids is 1. The van der Waals surface area contributed by atoms with Gasteiger partial charge in [0.15, 0.2) is 8.03 Å². The zero-order valence-corrected chi connectivity index (χ0v) is 8.43. The second-order valence-corrected chi connectivity index (χ2v) is 4.18. The highest BCUT2D eigenvalue weighted by Gasteiger charge is 2.02. The fraction of sp³-hybridized carbons (Fsp3) is 0.222. The van der Waals surface area contributed by atoms with Crippen molar-refractivity contribution < 1.29 is 19.4 Å². The standard InChI is InChI=1S/C9H11O4P/c10-9(11)8-3-1-7(2-4-8)5-6-14(12)13/h1-4,14H,5-6H2,(H,10,11)(H,12,13). The van der Waals surface area contributed by atoms with Gasteiger partial charge >= 0.3 is 5.97 Å². The number of benzene rings is 1. The molecule has 2 N–H and O–H groups in total. The molecule has 0 aliphatic carbocycles. The van der Waals surface area contributed by atoms with Gasteiger partial charge in [0.1, 0.15) is 0 Å². The Bertz CT molecular complexity index is 344. The van der Waals surface area contributed by atoms with Gasteiger partial charge in [0.05, 0.1) is 5.56 Å². The van der Waals surface area contributed by atoms with Crippen LogP contribution in [0, 0.1) is 0 Å². The Labute approximate surface area is 82.1 Å². The van der Waals surface area contributed by atoms with Crippen LogP contribution in [0.1, 0.15) is 15.9 Å². The fourth-order valence-electron chi connectivity index (χ4n) is 1.07. The van der Waals surface area contributed by atoms with Crippen molar-refractivity contribution in [2.45, 2.75) is 6.42 Å². The van der Waals surface area contributed by atoms with E-state index in [9.17, 15) is 9.36 Å². The summed E-state index contributed by atoms with van der Waals surface area (Å²) in [6, 6.07) is 6.31. The van der Waals surface area contributed by atoms with Crippen LogP contribution in [-0.4, -0.2) is 22.1 Å². The molecule has 0 fully saturated rings. The van der Waals surface area contributed by atoms with Gasteiger partial charge in [-0.05, 0) is 24.1 Å². The third kappa shape index (κ3) is 3.32. The quantitative estimate of drug-likeness (QED) is 0.743. The Balaban J connectivity index is 2.64. The number of hydrogen-bond donors (Lipinski definition) is 2. The van der Waals surface area contributed by atoms with Crippen LogP contribution in [0.4, 0.5) is 0 Å². The number of carboxylic acids is 1. The van der Waals surface area contributed by atoms with E-state index in [0.717, 1.165) is 5.56 Å². The van der Waals surface area contributed by atoms with Crippen molar-refractivity contribution in [3.8, 4) is 0 Å². The highest BCUT2D eigenvalue weighted by atomic mass is 31.1. The maximum atomic E-state index is 10.5. The predicted octanol–water partition coefficient (Wildman–Crippen LogP) is 1.39. The lowest BCUT2D eigenvalue weighted by Gasteiger charge is -1.99. The Kier molecular flexibility index (Phi) is 3.86. The minimum absolute atomic E-state index is 0.227. The minimum Gasteiger partial charge on any atom is -0.478 e. The number of rotatable bonds is 4. The molecular weight excluding hydrogens is 203 g/mol. The van der Waals surface area contributed by atoms with Gasteiger partial charge in [-0.2, -0.15) is 0 Å². The molecule has 0 saturated heterocycles. The average molecular weight is 214 g/mol. The van der Waals surface area contributed by atoms with Crippen molar-refractivity contribution in [2.24, 2.45) is 0 Å². The van der Waals surface area contributed by atoms with Crippen molar-refractivity contribution in [3.05, 3.63) is 35.4 Å². The normalized spacial score (nSPS) is 12.4. The number of carboxylic acid groups (broad SMARTS) is 1. The summed E-state index contributed by atoms with van der Waals surface area (Å²) in [7, 11) is -2.42. The monoisotopic (exact) mass is 214 g/mol. The molecule has 4 nitrogen and oxygen atoms in total. The Morgan fingerprint density at radius 2 is 1.86 bits per heavy atom. The zero-order chi connectivity index (χ0) is 10.6. The van der Waals surface area contributed by atoms with Gasteiger partial charge in [0, 0.05) is 6.16 Å². The molecule has 76 valence electrons. The summed E-state index contributed by atoms with van der Waals surface area (Å²) in [5, 5.41) is 8.61. The van der Waals surface area contributed by atoms with Crippen LogP contribution < -0.4 is 0 Å². The molecule has 0 aliphatic heterocycles. The van der Waals surface area contributed by atoms with E-state index < -0.39 is 14.0 Å². The summed E-state index contributed by atoms with van der Waals surface area (Å²) in [6.45, 7) is 0. The molecule has 14 heavy (non-hydrogen) atoms. The van der Waals surface area contributed by atoms with E-state index in [2.05, 4.69) is 0 Å². The molecule has 0 spiro atoms. The lowest BCUT2D eigenvalue weighted by molar-refractivity contribution is 0.0697. The largest absolute Gasteiger partial charge is 0.478 e. The molecule has 1 atom stereocenters. The minimum atomic E-state index is -2.42. The van der Waals surface area contributed by atoms with Crippen molar-refractivity contribution in [1.29, 1.82) is 0 Å². The van der Waals surface area contributed by atoms with Gasteiger partial charge in [-0.1, -0.05) is 12.1 Å².